The number of benzene rings is 1. The van der Waals surface area contributed by atoms with E-state index in [0.29, 0.717) is 31.7 Å². The maximum atomic E-state index is 14.3. The van der Waals surface area contributed by atoms with Crippen LogP contribution in [0.25, 0.3) is 0 Å². The van der Waals surface area contributed by atoms with Gasteiger partial charge in [0.1, 0.15) is 5.82 Å². The number of hydrogen-bond acceptors (Lipinski definition) is 3. The molecule has 0 spiro atoms. The molecule has 1 unspecified atom stereocenters. The van der Waals surface area contributed by atoms with Crippen molar-refractivity contribution in [2.45, 2.75) is 26.3 Å². The van der Waals surface area contributed by atoms with Crippen LogP contribution in [0.15, 0.2) is 18.2 Å². The van der Waals surface area contributed by atoms with Gasteiger partial charge in [0.05, 0.1) is 5.69 Å². The van der Waals surface area contributed by atoms with Gasteiger partial charge in [0.2, 0.25) is 5.91 Å². The Morgan fingerprint density at radius 1 is 1.45 bits per heavy atom. The topological polar surface area (TPSA) is 44.4 Å². The van der Waals surface area contributed by atoms with E-state index in [9.17, 15) is 9.18 Å². The summed E-state index contributed by atoms with van der Waals surface area (Å²) in [5.74, 6) is -0.188. The van der Waals surface area contributed by atoms with E-state index in [2.05, 4.69) is 10.6 Å². The van der Waals surface area contributed by atoms with Gasteiger partial charge in [0.15, 0.2) is 0 Å². The summed E-state index contributed by atoms with van der Waals surface area (Å²) < 4.78 is 14.3. The summed E-state index contributed by atoms with van der Waals surface area (Å²) in [5.41, 5.74) is 1.57. The van der Waals surface area contributed by atoms with Crippen molar-refractivity contribution in [3.8, 4) is 0 Å². The van der Waals surface area contributed by atoms with E-state index in [-0.39, 0.29) is 17.8 Å². The van der Waals surface area contributed by atoms with E-state index >= 15 is 0 Å². The molecule has 5 heteroatoms. The average molecular weight is 279 g/mol. The van der Waals surface area contributed by atoms with Crippen LogP contribution in [0.5, 0.6) is 0 Å². The highest BCUT2D eigenvalue weighted by atomic mass is 19.1. The zero-order chi connectivity index (χ0) is 14.5. The van der Waals surface area contributed by atoms with Crippen LogP contribution in [0.4, 0.5) is 10.1 Å². The van der Waals surface area contributed by atoms with Crippen molar-refractivity contribution < 1.29 is 9.18 Å². The Labute approximate surface area is 119 Å². The van der Waals surface area contributed by atoms with E-state index in [0.717, 1.165) is 12.1 Å². The summed E-state index contributed by atoms with van der Waals surface area (Å²) in [6.45, 7) is 6.64. The molecule has 4 nitrogen and oxygen atoms in total. The van der Waals surface area contributed by atoms with Gasteiger partial charge >= 0.3 is 0 Å². The molecule has 1 amide bonds. The van der Waals surface area contributed by atoms with Crippen LogP contribution in [0.3, 0.4) is 0 Å². The van der Waals surface area contributed by atoms with Gasteiger partial charge in [-0.3, -0.25) is 4.79 Å². The maximum Gasteiger partial charge on any atom is 0.221 e. The number of hydrogen-bond donors (Lipinski definition) is 2. The average Bonchev–Trinajstić information content (AvgIpc) is 2.63. The Bertz CT molecular complexity index is 478. The Hall–Kier alpha value is -1.62. The van der Waals surface area contributed by atoms with Crippen LogP contribution in [-0.4, -0.2) is 32.1 Å². The van der Waals surface area contributed by atoms with Crippen molar-refractivity contribution in [2.24, 2.45) is 0 Å². The summed E-state index contributed by atoms with van der Waals surface area (Å²) in [7, 11) is 0. The molecule has 2 N–H and O–H groups in total. The second-order valence-corrected chi connectivity index (χ2v) is 5.04. The first-order chi connectivity index (χ1) is 9.63. The van der Waals surface area contributed by atoms with Crippen molar-refractivity contribution in [1.29, 1.82) is 0 Å². The minimum atomic E-state index is -0.221. The van der Waals surface area contributed by atoms with Gasteiger partial charge in [0.25, 0.3) is 0 Å². The second kappa shape index (κ2) is 6.70. The first-order valence-corrected chi connectivity index (χ1v) is 7.17. The summed E-state index contributed by atoms with van der Waals surface area (Å²) in [5, 5.41) is 6.14. The molecule has 0 aliphatic carbocycles. The standard InChI is InChI=1S/C15H22FN3O/c1-3-17-11(2)12-5-4-6-13(16)15(12)19-9-7-14(20)18-8-10-19/h4-6,11,17H,3,7-10H2,1-2H3,(H,18,20). The maximum absolute atomic E-state index is 14.3. The van der Waals surface area contributed by atoms with Gasteiger partial charge in [-0.15, -0.1) is 0 Å². The van der Waals surface area contributed by atoms with Gasteiger partial charge in [-0.25, -0.2) is 4.39 Å². The molecule has 0 bridgehead atoms. The fourth-order valence-electron chi connectivity index (χ4n) is 2.62. The molecule has 2 rings (SSSR count). The zero-order valence-corrected chi connectivity index (χ0v) is 12.1. The molecule has 0 radical (unpaired) electrons. The first kappa shape index (κ1) is 14.8. The normalized spacial score (nSPS) is 17.6. The lowest BCUT2D eigenvalue weighted by atomic mass is 10.0. The molecule has 1 aliphatic heterocycles. The van der Waals surface area contributed by atoms with Crippen molar-refractivity contribution >= 4 is 11.6 Å². The van der Waals surface area contributed by atoms with Gasteiger partial charge in [-0.1, -0.05) is 19.1 Å². The number of nitrogens with zero attached hydrogens (tertiary/aromatic N) is 1. The van der Waals surface area contributed by atoms with Gasteiger partial charge in [0, 0.05) is 32.1 Å². The lowest BCUT2D eigenvalue weighted by Crippen LogP contribution is -2.31. The molecule has 1 aromatic rings. The molecule has 1 atom stereocenters. The Morgan fingerprint density at radius 3 is 3.00 bits per heavy atom. The Balaban J connectivity index is 2.31. The van der Waals surface area contributed by atoms with E-state index < -0.39 is 0 Å². The van der Waals surface area contributed by atoms with Crippen molar-refractivity contribution in [1.82, 2.24) is 10.6 Å². The van der Waals surface area contributed by atoms with Gasteiger partial charge in [-0.05, 0) is 25.1 Å². The quantitative estimate of drug-likeness (QED) is 0.883. The molecule has 1 saturated heterocycles. The lowest BCUT2D eigenvalue weighted by Gasteiger charge is -2.27. The van der Waals surface area contributed by atoms with Crippen LogP contribution in [0, 0.1) is 5.82 Å². The SMILES string of the molecule is CCNC(C)c1cccc(F)c1N1CCNC(=O)CC1. The van der Waals surface area contributed by atoms with Crippen molar-refractivity contribution in [3.05, 3.63) is 29.6 Å². The third-order valence-electron chi connectivity index (χ3n) is 3.62. The van der Waals surface area contributed by atoms with E-state index in [1.54, 1.807) is 6.07 Å². The largest absolute Gasteiger partial charge is 0.367 e. The predicted octanol–water partition coefficient (Wildman–Crippen LogP) is 1.82. The summed E-state index contributed by atoms with van der Waals surface area (Å²) in [6, 6.07) is 5.25. The Morgan fingerprint density at radius 2 is 2.25 bits per heavy atom. The van der Waals surface area contributed by atoms with Gasteiger partial charge in [-0.2, -0.15) is 0 Å². The van der Waals surface area contributed by atoms with Crippen molar-refractivity contribution in [2.75, 3.05) is 31.1 Å². The smallest absolute Gasteiger partial charge is 0.221 e. The van der Waals surface area contributed by atoms with Crippen molar-refractivity contribution in [3.63, 3.8) is 0 Å². The summed E-state index contributed by atoms with van der Waals surface area (Å²) in [4.78, 5) is 13.4. The highest BCUT2D eigenvalue weighted by molar-refractivity contribution is 5.77. The number of amides is 1. The highest BCUT2D eigenvalue weighted by Gasteiger charge is 2.21. The van der Waals surface area contributed by atoms with E-state index in [4.69, 9.17) is 0 Å². The highest BCUT2D eigenvalue weighted by Crippen LogP contribution is 2.29. The fraction of sp³-hybridized carbons (Fsp3) is 0.533. The molecule has 1 heterocycles. The van der Waals surface area contributed by atoms with Crippen LogP contribution in [0.1, 0.15) is 31.9 Å². The third kappa shape index (κ3) is 3.28. The first-order valence-electron chi connectivity index (χ1n) is 7.17. The molecular weight excluding hydrogens is 257 g/mol. The third-order valence-corrected chi connectivity index (χ3v) is 3.62. The zero-order valence-electron chi connectivity index (χ0n) is 12.1. The van der Waals surface area contributed by atoms with Crippen LogP contribution in [-0.2, 0) is 4.79 Å². The predicted molar refractivity (Wildman–Crippen MR) is 78.3 cm³/mol. The number of carbonyl (C=O) groups excluding carboxylic acids is 1. The lowest BCUT2D eigenvalue weighted by molar-refractivity contribution is -0.120. The monoisotopic (exact) mass is 279 g/mol. The minimum absolute atomic E-state index is 0.0325. The molecule has 1 aromatic carbocycles. The molecule has 0 saturated carbocycles. The van der Waals surface area contributed by atoms with E-state index in [1.165, 1.54) is 6.07 Å². The summed E-state index contributed by atoms with van der Waals surface area (Å²) in [6.07, 6.45) is 0.406. The minimum Gasteiger partial charge on any atom is -0.367 e. The molecular formula is C15H22FN3O. The number of para-hydroxylation sites is 1. The number of carbonyl (C=O) groups is 1. The van der Waals surface area contributed by atoms with Crippen LogP contribution in [0.2, 0.25) is 0 Å². The van der Waals surface area contributed by atoms with Crippen LogP contribution < -0.4 is 15.5 Å². The van der Waals surface area contributed by atoms with E-state index in [1.807, 2.05) is 24.8 Å². The fourth-order valence-corrected chi connectivity index (χ4v) is 2.62. The van der Waals surface area contributed by atoms with Gasteiger partial charge < -0.3 is 15.5 Å². The second-order valence-electron chi connectivity index (χ2n) is 5.04. The summed E-state index contributed by atoms with van der Waals surface area (Å²) >= 11 is 0. The number of anilines is 1. The number of nitrogens with one attached hydrogen (secondary N) is 2. The number of halogens is 1. The molecule has 0 aromatic heterocycles. The molecule has 1 fully saturated rings. The van der Waals surface area contributed by atoms with Crippen LogP contribution >= 0.6 is 0 Å². The molecule has 1 aliphatic rings. The molecule has 110 valence electrons. The molecule has 20 heavy (non-hydrogen) atoms. The Kier molecular flexibility index (Phi) is 4.95. The number of rotatable bonds is 4.